The number of aryl methyl sites for hydroxylation is 2. The van der Waals surface area contributed by atoms with Crippen LogP contribution in [0.25, 0.3) is 0 Å². The van der Waals surface area contributed by atoms with Crippen LogP contribution in [0.3, 0.4) is 0 Å². The van der Waals surface area contributed by atoms with Gasteiger partial charge in [-0.05, 0) is 19.3 Å². The first kappa shape index (κ1) is 11.7. The highest BCUT2D eigenvalue weighted by molar-refractivity contribution is 5.94. The number of hydrogen-bond donors (Lipinski definition) is 1. The van der Waals surface area contributed by atoms with Crippen LogP contribution in [0.15, 0.2) is 0 Å². The van der Waals surface area contributed by atoms with Crippen LogP contribution in [0.1, 0.15) is 17.7 Å². The van der Waals surface area contributed by atoms with Crippen molar-refractivity contribution < 1.29 is 14.3 Å². The van der Waals surface area contributed by atoms with Crippen LogP contribution in [0.5, 0.6) is 0 Å². The van der Waals surface area contributed by atoms with Gasteiger partial charge < -0.3 is 14.8 Å². The molecule has 0 spiro atoms. The molecule has 1 fully saturated rings. The smallest absolute Gasteiger partial charge is 0.257 e. The minimum atomic E-state index is -0.509. The molecule has 3 rings (SSSR count). The minimum Gasteiger partial charge on any atom is -0.376 e. The fraction of sp³-hybridized carbons (Fsp3) is 0.667. The van der Waals surface area contributed by atoms with E-state index < -0.39 is 6.10 Å². The number of carbonyl (C=O) groups is 1. The number of amides is 1. The van der Waals surface area contributed by atoms with E-state index in [4.69, 9.17) is 9.47 Å². The van der Waals surface area contributed by atoms with E-state index >= 15 is 0 Å². The molecule has 1 aromatic rings. The summed E-state index contributed by atoms with van der Waals surface area (Å²) in [5.74, 6) is 0.661. The number of nitrogens with one attached hydrogen (secondary N) is 1. The second kappa shape index (κ2) is 4.70. The molecule has 1 saturated heterocycles. The molecule has 1 unspecified atom stereocenters. The van der Waals surface area contributed by atoms with E-state index in [-0.39, 0.29) is 5.91 Å². The average Bonchev–Trinajstić information content (AvgIpc) is 2.94. The first-order chi connectivity index (χ1) is 8.75. The van der Waals surface area contributed by atoms with E-state index in [0.29, 0.717) is 19.8 Å². The van der Waals surface area contributed by atoms with Gasteiger partial charge in [0.25, 0.3) is 5.91 Å². The Morgan fingerprint density at radius 1 is 1.44 bits per heavy atom. The van der Waals surface area contributed by atoms with Crippen molar-refractivity contribution in [2.45, 2.75) is 25.4 Å². The predicted octanol–water partition coefficient (Wildman–Crippen LogP) is 0.263. The van der Waals surface area contributed by atoms with Gasteiger partial charge in [-0.1, -0.05) is 0 Å². The number of ether oxygens (including phenoxy) is 2. The maximum atomic E-state index is 12.1. The van der Waals surface area contributed by atoms with Gasteiger partial charge in [0, 0.05) is 12.6 Å². The molecule has 0 aromatic carbocycles. The van der Waals surface area contributed by atoms with Gasteiger partial charge in [0.05, 0.1) is 25.5 Å². The normalized spacial score (nSPS) is 22.8. The highest BCUT2D eigenvalue weighted by Crippen LogP contribution is 2.28. The summed E-state index contributed by atoms with van der Waals surface area (Å²) >= 11 is 0. The number of nitrogens with zero attached hydrogens (tertiary/aromatic N) is 2. The molecule has 1 aliphatic heterocycles. The third-order valence-electron chi connectivity index (χ3n) is 3.42. The average molecular weight is 251 g/mol. The summed E-state index contributed by atoms with van der Waals surface area (Å²) in [7, 11) is 1.85. The Morgan fingerprint density at radius 3 is 3.11 bits per heavy atom. The molecule has 1 aliphatic carbocycles. The third kappa shape index (κ3) is 2.02. The standard InChI is InChI=1S/C12H17N3O3/c1-15-11(8-3-2-4-9(8)14-15)13-12(16)10-7-17-5-6-18-10/h10H,2-7H2,1H3,(H,13,16). The molecule has 0 bridgehead atoms. The van der Waals surface area contributed by atoms with Gasteiger partial charge >= 0.3 is 0 Å². The summed E-state index contributed by atoms with van der Waals surface area (Å²) in [4.78, 5) is 12.1. The van der Waals surface area contributed by atoms with Gasteiger partial charge in [0.1, 0.15) is 5.82 Å². The van der Waals surface area contributed by atoms with Gasteiger partial charge in [-0.3, -0.25) is 9.48 Å². The summed E-state index contributed by atoms with van der Waals surface area (Å²) < 4.78 is 12.4. The van der Waals surface area contributed by atoms with Crippen molar-refractivity contribution >= 4 is 11.7 Å². The highest BCUT2D eigenvalue weighted by Gasteiger charge is 2.27. The number of rotatable bonds is 2. The van der Waals surface area contributed by atoms with Crippen LogP contribution in [0.2, 0.25) is 0 Å². The molecular weight excluding hydrogens is 234 g/mol. The van der Waals surface area contributed by atoms with Crippen molar-refractivity contribution in [2.75, 3.05) is 25.1 Å². The summed E-state index contributed by atoms with van der Waals surface area (Å²) in [6.45, 7) is 1.36. The predicted molar refractivity (Wildman–Crippen MR) is 64.4 cm³/mol. The van der Waals surface area contributed by atoms with E-state index in [2.05, 4.69) is 10.4 Å². The summed E-state index contributed by atoms with van der Waals surface area (Å²) in [5.41, 5.74) is 2.27. The van der Waals surface area contributed by atoms with Gasteiger partial charge in [0.15, 0.2) is 6.10 Å². The van der Waals surface area contributed by atoms with Gasteiger partial charge in [-0.15, -0.1) is 0 Å². The van der Waals surface area contributed by atoms with Crippen molar-refractivity contribution in [1.29, 1.82) is 0 Å². The molecule has 1 amide bonds. The zero-order valence-electron chi connectivity index (χ0n) is 10.4. The number of hydrogen-bond acceptors (Lipinski definition) is 4. The number of fused-ring (bicyclic) bond motifs is 1. The Kier molecular flexibility index (Phi) is 3.05. The Hall–Kier alpha value is -1.40. The molecule has 1 aromatic heterocycles. The van der Waals surface area contributed by atoms with Crippen LogP contribution in [0.4, 0.5) is 5.82 Å². The zero-order valence-corrected chi connectivity index (χ0v) is 10.4. The van der Waals surface area contributed by atoms with Crippen molar-refractivity contribution in [3.8, 4) is 0 Å². The zero-order chi connectivity index (χ0) is 12.5. The van der Waals surface area contributed by atoms with Gasteiger partial charge in [-0.25, -0.2) is 0 Å². The molecule has 98 valence electrons. The van der Waals surface area contributed by atoms with Crippen LogP contribution < -0.4 is 5.32 Å². The highest BCUT2D eigenvalue weighted by atomic mass is 16.6. The lowest BCUT2D eigenvalue weighted by molar-refractivity contribution is -0.142. The molecule has 0 saturated carbocycles. The quantitative estimate of drug-likeness (QED) is 0.819. The van der Waals surface area contributed by atoms with E-state index in [1.54, 1.807) is 4.68 Å². The molecule has 6 heteroatoms. The van der Waals surface area contributed by atoms with Crippen molar-refractivity contribution in [1.82, 2.24) is 9.78 Å². The summed E-state index contributed by atoms with van der Waals surface area (Å²) in [5, 5.41) is 7.34. The SMILES string of the molecule is Cn1nc2c(c1NC(=O)C1COCCO1)CCC2. The largest absolute Gasteiger partial charge is 0.376 e. The van der Waals surface area contributed by atoms with Crippen molar-refractivity contribution in [3.63, 3.8) is 0 Å². The van der Waals surface area contributed by atoms with Crippen molar-refractivity contribution in [3.05, 3.63) is 11.3 Å². The van der Waals surface area contributed by atoms with Gasteiger partial charge in [-0.2, -0.15) is 5.10 Å². The van der Waals surface area contributed by atoms with E-state index in [9.17, 15) is 4.79 Å². The number of aromatic nitrogens is 2. The molecule has 6 nitrogen and oxygen atoms in total. The summed E-state index contributed by atoms with van der Waals surface area (Å²) in [6, 6.07) is 0. The maximum absolute atomic E-state index is 12.1. The van der Waals surface area contributed by atoms with Gasteiger partial charge in [0.2, 0.25) is 0 Å². The Labute approximate surface area is 105 Å². The first-order valence-electron chi connectivity index (χ1n) is 6.30. The molecular formula is C12H17N3O3. The van der Waals surface area contributed by atoms with Crippen LogP contribution in [0, 0.1) is 0 Å². The third-order valence-corrected chi connectivity index (χ3v) is 3.42. The minimum absolute atomic E-state index is 0.146. The van der Waals surface area contributed by atoms with Crippen LogP contribution >= 0.6 is 0 Å². The Morgan fingerprint density at radius 2 is 2.33 bits per heavy atom. The van der Waals surface area contributed by atoms with E-state index in [1.165, 1.54) is 5.56 Å². The Balaban J connectivity index is 1.74. The van der Waals surface area contributed by atoms with E-state index in [1.807, 2.05) is 7.05 Å². The second-order valence-corrected chi connectivity index (χ2v) is 4.67. The lowest BCUT2D eigenvalue weighted by Gasteiger charge is -2.22. The molecule has 1 atom stereocenters. The lowest BCUT2D eigenvalue weighted by atomic mass is 10.2. The molecule has 0 radical (unpaired) electrons. The van der Waals surface area contributed by atoms with Crippen LogP contribution in [-0.2, 0) is 34.2 Å². The summed E-state index contributed by atoms with van der Waals surface area (Å²) in [6.07, 6.45) is 2.60. The second-order valence-electron chi connectivity index (χ2n) is 4.67. The fourth-order valence-electron chi connectivity index (χ4n) is 2.51. The number of anilines is 1. The monoisotopic (exact) mass is 251 g/mol. The first-order valence-corrected chi connectivity index (χ1v) is 6.30. The topological polar surface area (TPSA) is 65.4 Å². The van der Waals surface area contributed by atoms with Crippen LogP contribution in [-0.4, -0.2) is 41.6 Å². The molecule has 1 N–H and O–H groups in total. The maximum Gasteiger partial charge on any atom is 0.257 e. The van der Waals surface area contributed by atoms with E-state index in [0.717, 1.165) is 30.8 Å². The molecule has 2 heterocycles. The van der Waals surface area contributed by atoms with Crippen molar-refractivity contribution in [2.24, 2.45) is 7.05 Å². The molecule has 2 aliphatic rings. The molecule has 18 heavy (non-hydrogen) atoms. The number of carbonyl (C=O) groups excluding carboxylic acids is 1. The Bertz CT molecular complexity index is 463. The lowest BCUT2D eigenvalue weighted by Crippen LogP contribution is -2.39. The fourth-order valence-corrected chi connectivity index (χ4v) is 2.51.